The van der Waals surface area contributed by atoms with Crippen molar-refractivity contribution in [3.05, 3.63) is 56.3 Å². The van der Waals surface area contributed by atoms with Crippen LogP contribution in [0.25, 0.3) is 0 Å². The summed E-state index contributed by atoms with van der Waals surface area (Å²) in [6.07, 6.45) is 0.783. The lowest BCUT2D eigenvalue weighted by molar-refractivity contribution is -0.387. The predicted octanol–water partition coefficient (Wildman–Crippen LogP) is 4.09. The molecule has 9 nitrogen and oxygen atoms in total. The molecule has 0 aliphatic carbocycles. The van der Waals surface area contributed by atoms with Crippen molar-refractivity contribution in [1.29, 1.82) is 0 Å². The molecule has 0 heterocycles. The average molecular weight is 485 g/mol. The Morgan fingerprint density at radius 3 is 2.63 bits per heavy atom. The van der Waals surface area contributed by atoms with Crippen molar-refractivity contribution < 1.29 is 33.1 Å². The van der Waals surface area contributed by atoms with Gasteiger partial charge in [-0.15, -0.1) is 0 Å². The van der Waals surface area contributed by atoms with Gasteiger partial charge in [-0.25, -0.2) is 4.79 Å². The van der Waals surface area contributed by atoms with Crippen molar-refractivity contribution in [1.82, 2.24) is 0 Å². The Morgan fingerprint density at radius 2 is 2.00 bits per heavy atom. The number of halogens is 2. The smallest absolute Gasteiger partial charge is 0.338 e. The Hall–Kier alpha value is -3.21. The topological polar surface area (TPSA) is 117 Å². The number of nitrogens with one attached hydrogen (secondary N) is 1. The monoisotopic (exact) mass is 484 g/mol. The molecule has 11 heteroatoms. The van der Waals surface area contributed by atoms with Gasteiger partial charge in [0.05, 0.1) is 28.7 Å². The number of amides is 1. The fourth-order valence-electron chi connectivity index (χ4n) is 2.32. The number of nitrogens with zero attached hydrogens (tertiary/aromatic N) is 1. The van der Waals surface area contributed by atoms with Crippen LogP contribution < -0.4 is 14.8 Å². The molecule has 0 atom stereocenters. The van der Waals surface area contributed by atoms with E-state index in [-0.39, 0.29) is 11.3 Å². The lowest BCUT2D eigenvalue weighted by Gasteiger charge is -2.13. The van der Waals surface area contributed by atoms with Crippen molar-refractivity contribution in [2.45, 2.75) is 13.3 Å². The van der Waals surface area contributed by atoms with Crippen molar-refractivity contribution in [2.24, 2.45) is 0 Å². The number of methoxy groups -OCH3 is 1. The van der Waals surface area contributed by atoms with Gasteiger partial charge in [0, 0.05) is 11.8 Å². The van der Waals surface area contributed by atoms with Gasteiger partial charge >= 0.3 is 11.7 Å². The molecule has 1 amide bonds. The normalized spacial score (nSPS) is 10.3. The van der Waals surface area contributed by atoms with Gasteiger partial charge in [-0.1, -0.05) is 6.92 Å². The first-order chi connectivity index (χ1) is 14.3. The van der Waals surface area contributed by atoms with Crippen LogP contribution in [0.15, 0.2) is 34.8 Å². The van der Waals surface area contributed by atoms with E-state index in [1.165, 1.54) is 19.2 Å². The van der Waals surface area contributed by atoms with Crippen LogP contribution in [0.2, 0.25) is 0 Å². The molecule has 0 bridgehead atoms. The molecule has 30 heavy (non-hydrogen) atoms. The van der Waals surface area contributed by atoms with E-state index >= 15 is 0 Å². The highest BCUT2D eigenvalue weighted by atomic mass is 79.9. The molecule has 0 unspecified atom stereocenters. The highest BCUT2D eigenvalue weighted by molar-refractivity contribution is 9.10. The summed E-state index contributed by atoms with van der Waals surface area (Å²) in [6, 6.07) is 5.76. The number of ether oxygens (including phenoxy) is 3. The molecule has 0 saturated carbocycles. The number of rotatable bonds is 9. The maximum atomic E-state index is 13.3. The quantitative estimate of drug-likeness (QED) is 0.323. The van der Waals surface area contributed by atoms with Crippen LogP contribution in [0, 0.1) is 15.9 Å². The van der Waals surface area contributed by atoms with Crippen LogP contribution in [0.5, 0.6) is 11.5 Å². The zero-order valence-electron chi connectivity index (χ0n) is 16.1. The SMILES string of the molecule is CCCOc1c(Br)cc(C(=O)OCC(=O)Nc2ccc(F)c([N+](=O)[O-])c2)cc1OC. The van der Waals surface area contributed by atoms with E-state index < -0.39 is 34.9 Å². The highest BCUT2D eigenvalue weighted by Gasteiger charge is 2.19. The molecule has 0 aliphatic heterocycles. The largest absolute Gasteiger partial charge is 0.493 e. The minimum Gasteiger partial charge on any atom is -0.493 e. The van der Waals surface area contributed by atoms with Gasteiger partial charge in [0.15, 0.2) is 18.1 Å². The van der Waals surface area contributed by atoms with Gasteiger partial charge in [-0.3, -0.25) is 14.9 Å². The average Bonchev–Trinajstić information content (AvgIpc) is 2.71. The minimum absolute atomic E-state index is 0.00834. The third-order valence-electron chi connectivity index (χ3n) is 3.68. The Labute approximate surface area is 179 Å². The van der Waals surface area contributed by atoms with Crippen LogP contribution in [-0.2, 0) is 9.53 Å². The molecule has 2 rings (SSSR count). The number of esters is 1. The van der Waals surface area contributed by atoms with Crippen molar-refractivity contribution in [3.8, 4) is 11.5 Å². The van der Waals surface area contributed by atoms with E-state index in [0.29, 0.717) is 22.6 Å². The predicted molar refractivity (Wildman–Crippen MR) is 108 cm³/mol. The Bertz CT molecular complexity index is 968. The molecule has 1 N–H and O–H groups in total. The molecular formula is C19H18BrFN2O7. The van der Waals surface area contributed by atoms with Crippen LogP contribution in [0.4, 0.5) is 15.8 Å². The first-order valence-corrected chi connectivity index (χ1v) is 9.47. The fraction of sp³-hybridized carbons (Fsp3) is 0.263. The second kappa shape index (κ2) is 10.5. The Balaban J connectivity index is 2.03. The second-order valence-electron chi connectivity index (χ2n) is 5.89. The van der Waals surface area contributed by atoms with Crippen molar-refractivity contribution in [3.63, 3.8) is 0 Å². The third kappa shape index (κ3) is 5.89. The van der Waals surface area contributed by atoms with E-state index in [0.717, 1.165) is 24.6 Å². The Kier molecular flexibility index (Phi) is 8.10. The van der Waals surface area contributed by atoms with E-state index in [1.807, 2.05) is 6.92 Å². The number of hydrogen-bond acceptors (Lipinski definition) is 7. The van der Waals surface area contributed by atoms with Crippen LogP contribution in [0.1, 0.15) is 23.7 Å². The third-order valence-corrected chi connectivity index (χ3v) is 4.27. The summed E-state index contributed by atoms with van der Waals surface area (Å²) in [5.74, 6) is -1.83. The van der Waals surface area contributed by atoms with Gasteiger partial charge in [0.25, 0.3) is 5.91 Å². The summed E-state index contributed by atoms with van der Waals surface area (Å²) in [4.78, 5) is 34.1. The number of nitro groups is 1. The van der Waals surface area contributed by atoms with Crippen LogP contribution >= 0.6 is 15.9 Å². The Morgan fingerprint density at radius 1 is 1.27 bits per heavy atom. The van der Waals surface area contributed by atoms with E-state index in [1.54, 1.807) is 0 Å². The number of anilines is 1. The fourth-order valence-corrected chi connectivity index (χ4v) is 2.88. The number of benzene rings is 2. The van der Waals surface area contributed by atoms with Gasteiger partial charge in [0.1, 0.15) is 0 Å². The summed E-state index contributed by atoms with van der Waals surface area (Å²) in [5, 5.41) is 13.1. The summed E-state index contributed by atoms with van der Waals surface area (Å²) in [6.45, 7) is 1.75. The van der Waals surface area contributed by atoms with Crippen LogP contribution in [0.3, 0.4) is 0 Å². The zero-order valence-corrected chi connectivity index (χ0v) is 17.7. The maximum absolute atomic E-state index is 13.3. The van der Waals surface area contributed by atoms with Crippen LogP contribution in [-0.4, -0.2) is 37.1 Å². The minimum atomic E-state index is -1.03. The summed E-state index contributed by atoms with van der Waals surface area (Å²) < 4.78 is 29.6. The summed E-state index contributed by atoms with van der Waals surface area (Å²) in [7, 11) is 1.42. The number of hydrogen-bond donors (Lipinski definition) is 1. The van der Waals surface area contributed by atoms with Gasteiger partial charge in [0.2, 0.25) is 5.82 Å². The molecule has 0 spiro atoms. The van der Waals surface area contributed by atoms with Gasteiger partial charge in [-0.05, 0) is 46.6 Å². The maximum Gasteiger partial charge on any atom is 0.338 e. The van der Waals surface area contributed by atoms with E-state index in [2.05, 4.69) is 21.2 Å². The molecular weight excluding hydrogens is 467 g/mol. The standard InChI is InChI=1S/C19H18BrFN2O7/c1-3-6-29-18-13(20)7-11(8-16(18)28-2)19(25)30-10-17(24)22-12-4-5-14(21)15(9-12)23(26)27/h4-5,7-9H,3,6,10H2,1-2H3,(H,22,24). The lowest BCUT2D eigenvalue weighted by Crippen LogP contribution is -2.21. The lowest BCUT2D eigenvalue weighted by atomic mass is 10.2. The van der Waals surface area contributed by atoms with Crippen molar-refractivity contribution >= 4 is 39.2 Å². The molecule has 2 aromatic carbocycles. The van der Waals surface area contributed by atoms with Crippen molar-refractivity contribution in [2.75, 3.05) is 25.6 Å². The molecule has 0 aromatic heterocycles. The van der Waals surface area contributed by atoms with Gasteiger partial charge < -0.3 is 19.5 Å². The number of nitro benzene ring substituents is 1. The molecule has 160 valence electrons. The van der Waals surface area contributed by atoms with E-state index in [4.69, 9.17) is 14.2 Å². The van der Waals surface area contributed by atoms with Gasteiger partial charge in [-0.2, -0.15) is 4.39 Å². The highest BCUT2D eigenvalue weighted by Crippen LogP contribution is 2.37. The molecule has 2 aromatic rings. The molecule has 0 saturated heterocycles. The second-order valence-corrected chi connectivity index (χ2v) is 6.74. The van der Waals surface area contributed by atoms with E-state index in [9.17, 15) is 24.1 Å². The molecule has 0 fully saturated rings. The first kappa shape index (κ1) is 23.1. The first-order valence-electron chi connectivity index (χ1n) is 8.68. The summed E-state index contributed by atoms with van der Waals surface area (Å²) >= 11 is 3.31. The molecule has 0 aliphatic rings. The number of carbonyl (C=O) groups is 2. The summed E-state index contributed by atoms with van der Waals surface area (Å²) in [5.41, 5.74) is -0.675. The zero-order chi connectivity index (χ0) is 22.3. The number of carbonyl (C=O) groups excluding carboxylic acids is 2. The molecule has 0 radical (unpaired) electrons.